The molecule has 0 unspecified atom stereocenters. The van der Waals surface area contributed by atoms with E-state index in [-0.39, 0.29) is 0 Å². The molecule has 0 aliphatic carbocycles. The van der Waals surface area contributed by atoms with E-state index in [0.717, 1.165) is 74.3 Å². The van der Waals surface area contributed by atoms with Crippen LogP contribution >= 0.6 is 0 Å². The number of unbranched alkanes of at least 4 members (excludes halogenated alkanes) is 18. The van der Waals surface area contributed by atoms with Crippen molar-refractivity contribution in [3.05, 3.63) is 98.6 Å². The van der Waals surface area contributed by atoms with E-state index in [1.54, 1.807) is 4.70 Å². The zero-order valence-electron chi connectivity index (χ0n) is 39.3. The predicted molar refractivity (Wildman–Crippen MR) is 255 cm³/mol. The summed E-state index contributed by atoms with van der Waals surface area (Å²) in [5, 5.41) is 4.35. The zero-order chi connectivity index (χ0) is 42.2. The summed E-state index contributed by atoms with van der Waals surface area (Å²) >= 11 is 0.950. The molecule has 2 aromatic carbocycles. The molecular formula is C55H90N2Pd. The van der Waals surface area contributed by atoms with Crippen molar-refractivity contribution in [3.8, 4) is 0 Å². The summed E-state index contributed by atoms with van der Waals surface area (Å²) in [6, 6.07) is 14.5. The van der Waals surface area contributed by atoms with Gasteiger partial charge in [0.05, 0.1) is 5.57 Å². The Bertz CT molecular complexity index is 1440. The van der Waals surface area contributed by atoms with Crippen molar-refractivity contribution in [2.24, 2.45) is 0 Å². The summed E-state index contributed by atoms with van der Waals surface area (Å²) in [7, 11) is 0. The van der Waals surface area contributed by atoms with Gasteiger partial charge in [0.15, 0.2) is 0 Å². The number of allylic oxidation sites excluding steroid dienone is 4. The molecule has 1 aliphatic heterocycles. The molecule has 0 saturated carbocycles. The molecule has 0 aromatic heterocycles. The second kappa shape index (κ2) is 33.6. The third kappa shape index (κ3) is 20.0. The van der Waals surface area contributed by atoms with Gasteiger partial charge < -0.3 is 5.53 Å². The van der Waals surface area contributed by atoms with Crippen molar-refractivity contribution in [1.82, 2.24) is 0 Å². The van der Waals surface area contributed by atoms with Crippen molar-refractivity contribution in [2.75, 3.05) is 0 Å². The van der Waals surface area contributed by atoms with Gasteiger partial charge >= 0.3 is 28.8 Å². The normalized spacial score (nSPS) is 13.1. The van der Waals surface area contributed by atoms with Crippen molar-refractivity contribution in [3.63, 3.8) is 0 Å². The van der Waals surface area contributed by atoms with Crippen molar-refractivity contribution < 1.29 is 22.7 Å². The molecule has 0 N–H and O–H groups in total. The molecule has 0 radical (unpaired) electrons. The molecular weight excluding hydrogens is 795 g/mol. The van der Waals surface area contributed by atoms with E-state index < -0.39 is 0 Å². The van der Waals surface area contributed by atoms with E-state index in [1.165, 1.54) is 186 Å². The second-order valence-electron chi connectivity index (χ2n) is 17.2. The first-order valence-corrected chi connectivity index (χ1v) is 27.6. The van der Waals surface area contributed by atoms with E-state index in [0.29, 0.717) is 0 Å². The third-order valence-corrected chi connectivity index (χ3v) is 11.8. The summed E-state index contributed by atoms with van der Waals surface area (Å²) < 4.78 is 1.64. The van der Waals surface area contributed by atoms with Crippen LogP contribution in [0.4, 0.5) is 0 Å². The van der Waals surface area contributed by atoms with Gasteiger partial charge in [-0.15, -0.1) is 0 Å². The van der Waals surface area contributed by atoms with Crippen LogP contribution in [0.1, 0.15) is 235 Å². The molecule has 330 valence electrons. The van der Waals surface area contributed by atoms with Crippen molar-refractivity contribution in [2.45, 2.75) is 239 Å². The zero-order valence-corrected chi connectivity index (χ0v) is 40.9. The molecule has 1 heterocycles. The Balaban J connectivity index is 0.00000374. The Morgan fingerprint density at radius 1 is 0.431 bits per heavy atom. The second-order valence-corrected chi connectivity index (χ2v) is 18.8. The Kier molecular flexibility index (Phi) is 30.2. The SMILES string of the molecule is CCCCCCCCCCCCCC=CC1=C(c2cc(CCCC)cc(CCCC)c2)[N+](=[N-])C(c2cc(CCCC)cc(CCCC)c2)=C1CCCCCC.[CH3][Pd][CH3]. The monoisotopic (exact) mass is 885 g/mol. The van der Waals surface area contributed by atoms with Crippen LogP contribution in [0.15, 0.2) is 59.7 Å². The molecule has 2 nitrogen and oxygen atoms in total. The first-order valence-electron chi connectivity index (χ1n) is 24.5. The van der Waals surface area contributed by atoms with Gasteiger partial charge in [-0.25, -0.2) is 4.70 Å². The summed E-state index contributed by atoms with van der Waals surface area (Å²) in [5.41, 5.74) is 25.3. The minimum absolute atomic E-state index is 0.950. The van der Waals surface area contributed by atoms with Gasteiger partial charge in [-0.05, 0) is 124 Å². The molecule has 0 bridgehead atoms. The molecule has 0 saturated heterocycles. The van der Waals surface area contributed by atoms with Crippen molar-refractivity contribution in [1.29, 1.82) is 0 Å². The van der Waals surface area contributed by atoms with Gasteiger partial charge in [0.1, 0.15) is 0 Å². The Morgan fingerprint density at radius 3 is 1.17 bits per heavy atom. The van der Waals surface area contributed by atoms with Crippen molar-refractivity contribution >= 4 is 11.4 Å². The van der Waals surface area contributed by atoms with E-state index in [9.17, 15) is 5.53 Å². The summed E-state index contributed by atoms with van der Waals surface area (Å²) in [4.78, 5) is 0. The third-order valence-electron chi connectivity index (χ3n) is 11.8. The van der Waals surface area contributed by atoms with Crippen LogP contribution in [-0.2, 0) is 43.7 Å². The minimum atomic E-state index is 0.950. The summed E-state index contributed by atoms with van der Waals surface area (Å²) in [6.07, 6.45) is 40.9. The van der Waals surface area contributed by atoms with Crippen LogP contribution in [0.5, 0.6) is 0 Å². The van der Waals surface area contributed by atoms with E-state index in [4.69, 9.17) is 0 Å². The number of hydrogen-bond acceptors (Lipinski definition) is 0. The Labute approximate surface area is 369 Å². The van der Waals surface area contributed by atoms with Crippen LogP contribution in [0.25, 0.3) is 16.9 Å². The van der Waals surface area contributed by atoms with Gasteiger partial charge in [-0.1, -0.05) is 175 Å². The first kappa shape index (κ1) is 52.1. The molecule has 3 heteroatoms. The Hall–Kier alpha value is -2.08. The molecule has 3 rings (SSSR count). The van der Waals surface area contributed by atoms with Gasteiger partial charge in [0.2, 0.25) is 11.4 Å². The summed E-state index contributed by atoms with van der Waals surface area (Å²) in [6.45, 7) is 13.8. The van der Waals surface area contributed by atoms with Crippen LogP contribution in [-0.4, -0.2) is 4.70 Å². The number of benzene rings is 2. The van der Waals surface area contributed by atoms with Crippen LogP contribution in [0.2, 0.25) is 10.8 Å². The van der Waals surface area contributed by atoms with Gasteiger partial charge in [-0.3, -0.25) is 0 Å². The number of hydrogen-bond donors (Lipinski definition) is 0. The average molecular weight is 886 g/mol. The molecule has 2 aromatic rings. The fourth-order valence-electron chi connectivity index (χ4n) is 8.39. The van der Waals surface area contributed by atoms with E-state index in [1.807, 2.05) is 0 Å². The topological polar surface area (TPSA) is 25.3 Å². The molecule has 0 atom stereocenters. The fraction of sp³-hybridized carbons (Fsp3) is 0.673. The predicted octanol–water partition coefficient (Wildman–Crippen LogP) is 18.6. The average Bonchev–Trinajstić information content (AvgIpc) is 3.51. The summed E-state index contributed by atoms with van der Waals surface area (Å²) in [5.74, 6) is 0. The molecule has 0 fully saturated rings. The van der Waals surface area contributed by atoms with E-state index in [2.05, 4.69) is 101 Å². The maximum absolute atomic E-state index is 12.7. The quantitative estimate of drug-likeness (QED) is 0.0397. The number of aryl methyl sites for hydroxylation is 4. The fourth-order valence-corrected chi connectivity index (χ4v) is 8.39. The molecule has 58 heavy (non-hydrogen) atoms. The van der Waals surface area contributed by atoms with Gasteiger partial charge in [0, 0.05) is 16.7 Å². The van der Waals surface area contributed by atoms with Crippen LogP contribution in [0, 0.1) is 0 Å². The van der Waals surface area contributed by atoms with Crippen LogP contribution < -0.4 is 0 Å². The number of rotatable bonds is 32. The maximum atomic E-state index is 12.7. The molecule has 1 aliphatic rings. The first-order chi connectivity index (χ1) is 28.4. The number of nitrogens with zero attached hydrogens (tertiary/aromatic N) is 2. The molecule has 0 spiro atoms. The van der Waals surface area contributed by atoms with Gasteiger partial charge in [0.25, 0.3) is 0 Å². The molecule has 0 amide bonds. The van der Waals surface area contributed by atoms with Crippen LogP contribution in [0.3, 0.4) is 0 Å². The van der Waals surface area contributed by atoms with Gasteiger partial charge in [-0.2, -0.15) is 0 Å². The standard InChI is InChI=1S/C53H84N2.2CH3.Pd/c1-7-13-19-21-22-23-24-25-26-27-28-29-31-37-51-50(36-30-20-14-8-2)52(48-40-44(32-15-9-3)38-45(41-48)33-16-10-4)55(54)53(51)49-42-46(34-17-11-5)39-47(43-49)35-18-12-6;;;/h31,37-43H,7-30,32-36H2,1-6H3;2*1H3;. The Morgan fingerprint density at radius 2 is 0.776 bits per heavy atom. The van der Waals surface area contributed by atoms with E-state index >= 15 is 0 Å².